The molecule has 1 aromatic carbocycles. The lowest BCUT2D eigenvalue weighted by atomic mass is 9.93. The van der Waals surface area contributed by atoms with Crippen molar-refractivity contribution in [2.24, 2.45) is 0 Å². The molecule has 0 aliphatic rings. The van der Waals surface area contributed by atoms with Gasteiger partial charge in [-0.05, 0) is 53.3 Å². The number of aliphatic hydroxyl groups excluding tert-OH is 4. The zero-order chi connectivity index (χ0) is 19.6. The van der Waals surface area contributed by atoms with Crippen LogP contribution in [-0.2, 0) is 6.61 Å². The van der Waals surface area contributed by atoms with E-state index in [4.69, 9.17) is 14.6 Å². The Morgan fingerprint density at radius 1 is 1.07 bits per heavy atom. The van der Waals surface area contributed by atoms with Gasteiger partial charge in [0.25, 0.3) is 0 Å². The van der Waals surface area contributed by atoms with Crippen molar-refractivity contribution in [2.45, 2.75) is 25.6 Å². The van der Waals surface area contributed by atoms with Crippen molar-refractivity contribution >= 4 is 11.6 Å². The molecule has 0 saturated carbocycles. The average molecular weight is 370 g/mol. The van der Waals surface area contributed by atoms with E-state index < -0.39 is 6.10 Å². The van der Waals surface area contributed by atoms with E-state index in [2.05, 4.69) is 6.58 Å². The number of rotatable bonds is 10. The van der Waals surface area contributed by atoms with Gasteiger partial charge in [-0.3, -0.25) is 0 Å². The number of hydrogen-bond donors (Lipinski definition) is 4. The van der Waals surface area contributed by atoms with Gasteiger partial charge in [0, 0.05) is 0 Å². The second-order valence-electron chi connectivity index (χ2n) is 6.16. The molecule has 27 heavy (non-hydrogen) atoms. The summed E-state index contributed by atoms with van der Waals surface area (Å²) >= 11 is 0. The summed E-state index contributed by atoms with van der Waals surface area (Å²) in [7, 11) is 0. The summed E-state index contributed by atoms with van der Waals surface area (Å²) in [6.45, 7) is 3.06. The van der Waals surface area contributed by atoms with Crippen molar-refractivity contribution in [1.82, 2.24) is 0 Å². The first-order valence-electron chi connectivity index (χ1n) is 8.82. The van der Waals surface area contributed by atoms with Crippen molar-refractivity contribution < 1.29 is 24.8 Å². The number of furan rings is 1. The summed E-state index contributed by atoms with van der Waals surface area (Å²) in [5, 5.41) is 38.1. The summed E-state index contributed by atoms with van der Waals surface area (Å²) in [4.78, 5) is 0. The van der Waals surface area contributed by atoms with Crippen LogP contribution in [0.2, 0.25) is 0 Å². The molecule has 5 heteroatoms. The molecule has 0 fully saturated rings. The lowest BCUT2D eigenvalue weighted by Crippen LogP contribution is -2.14. The van der Waals surface area contributed by atoms with E-state index in [1.165, 1.54) is 6.08 Å². The highest BCUT2D eigenvalue weighted by Crippen LogP contribution is 2.27. The number of allylic oxidation sites excluding steroid dienone is 1. The van der Waals surface area contributed by atoms with Crippen LogP contribution in [-0.4, -0.2) is 39.7 Å². The maximum absolute atomic E-state index is 10.5. The predicted octanol–water partition coefficient (Wildman–Crippen LogP) is 2.92. The molecule has 2 rings (SSSR count). The monoisotopic (exact) mass is 370 g/mol. The minimum Gasteiger partial charge on any atom is -0.459 e. The lowest BCUT2D eigenvalue weighted by molar-refractivity contribution is 0.199. The molecule has 0 amide bonds. The summed E-state index contributed by atoms with van der Waals surface area (Å²) < 4.78 is 5.55. The highest BCUT2D eigenvalue weighted by Gasteiger charge is 2.15. The maximum Gasteiger partial charge on any atom is 0.130 e. The van der Waals surface area contributed by atoms with Crippen LogP contribution in [0.25, 0.3) is 11.6 Å². The van der Waals surface area contributed by atoms with Gasteiger partial charge in [-0.2, -0.15) is 0 Å². The molecular formula is C22H26O5. The SMILES string of the molecule is C=C(CO)/C(=C/CO)C(O)CC/C(=C/c1ccc(CO)o1)c1ccccc1. The minimum absolute atomic E-state index is 0.161. The van der Waals surface area contributed by atoms with Crippen LogP contribution in [0.3, 0.4) is 0 Å². The largest absolute Gasteiger partial charge is 0.459 e. The van der Waals surface area contributed by atoms with Crippen molar-refractivity contribution in [3.05, 3.63) is 83.3 Å². The van der Waals surface area contributed by atoms with Gasteiger partial charge < -0.3 is 24.8 Å². The lowest BCUT2D eigenvalue weighted by Gasteiger charge is -2.17. The van der Waals surface area contributed by atoms with Crippen LogP contribution in [0.1, 0.15) is 29.9 Å². The minimum atomic E-state index is -0.853. The predicted molar refractivity (Wildman–Crippen MR) is 106 cm³/mol. The summed E-state index contributed by atoms with van der Waals surface area (Å²) in [5.41, 5.74) is 2.81. The quantitative estimate of drug-likeness (QED) is 0.483. The molecule has 0 radical (unpaired) electrons. The van der Waals surface area contributed by atoms with Gasteiger partial charge in [0.1, 0.15) is 18.1 Å². The zero-order valence-electron chi connectivity index (χ0n) is 15.2. The number of hydrogen-bond acceptors (Lipinski definition) is 5. The van der Waals surface area contributed by atoms with Gasteiger partial charge in [-0.15, -0.1) is 0 Å². The van der Waals surface area contributed by atoms with E-state index in [-0.39, 0.29) is 19.8 Å². The Morgan fingerprint density at radius 2 is 1.81 bits per heavy atom. The van der Waals surface area contributed by atoms with Gasteiger partial charge in [0.05, 0.1) is 19.3 Å². The molecule has 1 unspecified atom stereocenters. The standard InChI is InChI=1S/C22H26O5/c1-16(14-24)21(11-12-23)22(26)10-7-18(17-5-3-2-4-6-17)13-19-8-9-20(15-25)27-19/h2-6,8-9,11,13,22-26H,1,7,10,12,14-15H2/b18-13-,21-11-. The Balaban J connectivity index is 2.22. The van der Waals surface area contributed by atoms with Gasteiger partial charge >= 0.3 is 0 Å². The summed E-state index contributed by atoms with van der Waals surface area (Å²) in [6, 6.07) is 13.3. The van der Waals surface area contributed by atoms with E-state index in [9.17, 15) is 10.2 Å². The molecule has 4 N–H and O–H groups in total. The van der Waals surface area contributed by atoms with Crippen LogP contribution in [0.4, 0.5) is 0 Å². The first kappa shape index (κ1) is 20.9. The fourth-order valence-electron chi connectivity index (χ4n) is 2.83. The molecule has 0 saturated heterocycles. The van der Waals surface area contributed by atoms with Crippen LogP contribution in [0.5, 0.6) is 0 Å². The van der Waals surface area contributed by atoms with E-state index in [1.54, 1.807) is 12.1 Å². The maximum atomic E-state index is 10.5. The van der Waals surface area contributed by atoms with Crippen LogP contribution in [0, 0.1) is 0 Å². The third-order valence-corrected chi connectivity index (χ3v) is 4.26. The van der Waals surface area contributed by atoms with E-state index in [0.29, 0.717) is 35.5 Å². The molecule has 5 nitrogen and oxygen atoms in total. The highest BCUT2D eigenvalue weighted by molar-refractivity contribution is 5.80. The molecule has 144 valence electrons. The molecule has 2 aromatic rings. The molecule has 1 aromatic heterocycles. The molecule has 1 atom stereocenters. The fraction of sp³-hybridized carbons (Fsp3) is 0.273. The third kappa shape index (κ3) is 6.05. The second kappa shape index (κ2) is 10.6. The van der Waals surface area contributed by atoms with Gasteiger partial charge in [-0.1, -0.05) is 43.0 Å². The normalized spacial score (nSPS) is 13.6. The van der Waals surface area contributed by atoms with Crippen LogP contribution >= 0.6 is 0 Å². The Kier molecular flexibility index (Phi) is 8.23. The highest BCUT2D eigenvalue weighted by atomic mass is 16.4. The third-order valence-electron chi connectivity index (χ3n) is 4.26. The molecule has 0 aliphatic heterocycles. The molecular weight excluding hydrogens is 344 g/mol. The smallest absolute Gasteiger partial charge is 0.130 e. The Hall–Kier alpha value is -2.44. The zero-order valence-corrected chi connectivity index (χ0v) is 15.2. The molecule has 0 aliphatic carbocycles. The Morgan fingerprint density at radius 3 is 2.41 bits per heavy atom. The van der Waals surface area contributed by atoms with Gasteiger partial charge in [0.2, 0.25) is 0 Å². The molecule has 0 bridgehead atoms. The van der Waals surface area contributed by atoms with Crippen molar-refractivity contribution in [3.8, 4) is 0 Å². The van der Waals surface area contributed by atoms with Crippen molar-refractivity contribution in [1.29, 1.82) is 0 Å². The summed E-state index contributed by atoms with van der Waals surface area (Å²) in [6.07, 6.45) is 3.43. The van der Waals surface area contributed by atoms with E-state index >= 15 is 0 Å². The Labute approximate surface area is 159 Å². The van der Waals surface area contributed by atoms with Crippen LogP contribution in [0.15, 0.2) is 70.7 Å². The van der Waals surface area contributed by atoms with E-state index in [1.807, 2.05) is 36.4 Å². The number of aliphatic hydroxyl groups is 4. The Bertz CT molecular complexity index is 786. The molecule has 0 spiro atoms. The first-order valence-corrected chi connectivity index (χ1v) is 8.82. The first-order chi connectivity index (χ1) is 13.1. The summed E-state index contributed by atoms with van der Waals surface area (Å²) in [5.74, 6) is 1.11. The second-order valence-corrected chi connectivity index (χ2v) is 6.16. The van der Waals surface area contributed by atoms with Crippen molar-refractivity contribution in [3.63, 3.8) is 0 Å². The van der Waals surface area contributed by atoms with Gasteiger partial charge in [0.15, 0.2) is 0 Å². The van der Waals surface area contributed by atoms with Crippen LogP contribution < -0.4 is 0 Å². The number of benzene rings is 1. The topological polar surface area (TPSA) is 94.1 Å². The van der Waals surface area contributed by atoms with Gasteiger partial charge in [-0.25, -0.2) is 0 Å². The average Bonchev–Trinajstić information content (AvgIpc) is 3.16. The van der Waals surface area contributed by atoms with E-state index in [0.717, 1.165) is 11.1 Å². The fourth-order valence-corrected chi connectivity index (χ4v) is 2.83. The molecule has 1 heterocycles. The van der Waals surface area contributed by atoms with Crippen molar-refractivity contribution in [2.75, 3.05) is 13.2 Å².